The van der Waals surface area contributed by atoms with Gasteiger partial charge in [-0.05, 0) is 25.8 Å². The first-order valence-electron chi connectivity index (χ1n) is 7.42. The van der Waals surface area contributed by atoms with Gasteiger partial charge in [0.15, 0.2) is 11.5 Å². The van der Waals surface area contributed by atoms with Crippen molar-refractivity contribution in [3.05, 3.63) is 23.5 Å². The molecule has 1 atom stereocenters. The van der Waals surface area contributed by atoms with Crippen molar-refractivity contribution in [1.82, 2.24) is 5.32 Å². The van der Waals surface area contributed by atoms with Crippen LogP contribution in [0.5, 0.6) is 11.5 Å². The Hall–Kier alpha value is -1.82. The lowest BCUT2D eigenvalue weighted by Crippen LogP contribution is -2.52. The molecular weight excluding hydrogens is 287 g/mol. The molecule has 22 heavy (non-hydrogen) atoms. The molecule has 1 aromatic carbocycles. The van der Waals surface area contributed by atoms with E-state index in [0.29, 0.717) is 29.9 Å². The van der Waals surface area contributed by atoms with Crippen LogP contribution >= 0.6 is 0 Å². The molecule has 1 aliphatic carbocycles. The number of rotatable bonds is 5. The van der Waals surface area contributed by atoms with Gasteiger partial charge in [0.1, 0.15) is 5.82 Å². The molecule has 1 fully saturated rings. The molecule has 3 N–H and O–H groups in total. The molecule has 1 unspecified atom stereocenters. The number of ether oxygens (including phenoxy) is 2. The number of hydrogen-bond acceptors (Lipinski definition) is 4. The van der Waals surface area contributed by atoms with Crippen molar-refractivity contribution in [3.8, 4) is 11.5 Å². The predicted molar refractivity (Wildman–Crippen MR) is 81.4 cm³/mol. The van der Waals surface area contributed by atoms with E-state index in [1.807, 2.05) is 0 Å². The summed E-state index contributed by atoms with van der Waals surface area (Å²) < 4.78 is 24.4. The van der Waals surface area contributed by atoms with Crippen LogP contribution in [0.3, 0.4) is 0 Å². The predicted octanol–water partition coefficient (Wildman–Crippen LogP) is 2.29. The van der Waals surface area contributed by atoms with Crippen molar-refractivity contribution in [2.45, 2.75) is 44.2 Å². The first-order valence-corrected chi connectivity index (χ1v) is 7.42. The molecule has 122 valence electrons. The van der Waals surface area contributed by atoms with E-state index in [4.69, 9.17) is 15.2 Å². The Bertz CT molecular complexity index is 557. The second-order valence-corrected chi connectivity index (χ2v) is 5.79. The lowest BCUT2D eigenvalue weighted by Gasteiger charge is -2.25. The van der Waals surface area contributed by atoms with Gasteiger partial charge >= 0.3 is 0 Å². The number of hydrogen-bond donors (Lipinski definition) is 2. The van der Waals surface area contributed by atoms with Gasteiger partial charge in [0.2, 0.25) is 5.91 Å². The molecule has 0 bridgehead atoms. The molecule has 1 amide bonds. The molecule has 2 rings (SSSR count). The van der Waals surface area contributed by atoms with Gasteiger partial charge in [-0.25, -0.2) is 4.39 Å². The SMILES string of the molecule is COc1cc(F)c(C(C)NC(=O)C2(N)CCCC2)cc1OC. The molecule has 0 spiro atoms. The van der Waals surface area contributed by atoms with Crippen LogP contribution in [0, 0.1) is 5.82 Å². The van der Waals surface area contributed by atoms with Crippen molar-refractivity contribution < 1.29 is 18.7 Å². The van der Waals surface area contributed by atoms with Crippen molar-refractivity contribution in [1.29, 1.82) is 0 Å². The third-order valence-electron chi connectivity index (χ3n) is 4.26. The first-order chi connectivity index (χ1) is 10.4. The van der Waals surface area contributed by atoms with Gasteiger partial charge in [0, 0.05) is 11.6 Å². The molecule has 0 saturated heterocycles. The van der Waals surface area contributed by atoms with Crippen molar-refractivity contribution in [2.75, 3.05) is 14.2 Å². The van der Waals surface area contributed by atoms with Gasteiger partial charge in [0.25, 0.3) is 0 Å². The molecule has 5 nitrogen and oxygen atoms in total. The summed E-state index contributed by atoms with van der Waals surface area (Å²) in [5.74, 6) is 0.0475. The number of benzene rings is 1. The second-order valence-electron chi connectivity index (χ2n) is 5.79. The highest BCUT2D eigenvalue weighted by atomic mass is 19.1. The van der Waals surface area contributed by atoms with E-state index >= 15 is 0 Å². The molecule has 1 aliphatic rings. The summed E-state index contributed by atoms with van der Waals surface area (Å²) in [6.45, 7) is 1.72. The molecule has 0 aliphatic heterocycles. The summed E-state index contributed by atoms with van der Waals surface area (Å²) in [5.41, 5.74) is 5.63. The summed E-state index contributed by atoms with van der Waals surface area (Å²) >= 11 is 0. The van der Waals surface area contributed by atoms with E-state index in [9.17, 15) is 9.18 Å². The quantitative estimate of drug-likeness (QED) is 0.875. The van der Waals surface area contributed by atoms with E-state index in [1.165, 1.54) is 26.4 Å². The van der Waals surface area contributed by atoms with Crippen molar-refractivity contribution in [2.24, 2.45) is 5.73 Å². The number of nitrogens with one attached hydrogen (secondary N) is 1. The Labute approximate surface area is 130 Å². The van der Waals surface area contributed by atoms with E-state index in [2.05, 4.69) is 5.32 Å². The Kier molecular flexibility index (Phi) is 4.90. The highest BCUT2D eigenvalue weighted by Crippen LogP contribution is 2.33. The van der Waals surface area contributed by atoms with Crippen molar-refractivity contribution in [3.63, 3.8) is 0 Å². The lowest BCUT2D eigenvalue weighted by atomic mass is 9.97. The summed E-state index contributed by atoms with van der Waals surface area (Å²) in [7, 11) is 2.93. The lowest BCUT2D eigenvalue weighted by molar-refractivity contribution is -0.126. The minimum Gasteiger partial charge on any atom is -0.493 e. The molecule has 0 radical (unpaired) electrons. The Morgan fingerprint density at radius 2 is 1.82 bits per heavy atom. The topological polar surface area (TPSA) is 73.6 Å². The van der Waals surface area contributed by atoms with E-state index in [1.54, 1.807) is 6.92 Å². The summed E-state index contributed by atoms with van der Waals surface area (Å²) in [6, 6.07) is 2.29. The molecular formula is C16H23FN2O3. The molecule has 6 heteroatoms. The number of nitrogens with two attached hydrogens (primary N) is 1. The summed E-state index contributed by atoms with van der Waals surface area (Å²) in [4.78, 5) is 12.3. The van der Waals surface area contributed by atoms with Crippen LogP contribution in [-0.2, 0) is 4.79 Å². The van der Waals surface area contributed by atoms with E-state index < -0.39 is 17.4 Å². The summed E-state index contributed by atoms with van der Waals surface area (Å²) in [5, 5.41) is 2.81. The van der Waals surface area contributed by atoms with E-state index in [-0.39, 0.29) is 5.91 Å². The maximum atomic E-state index is 14.2. The number of amides is 1. The van der Waals surface area contributed by atoms with E-state index in [0.717, 1.165) is 12.8 Å². The maximum Gasteiger partial charge on any atom is 0.240 e. The fourth-order valence-corrected chi connectivity index (χ4v) is 2.85. The van der Waals surface area contributed by atoms with Crippen LogP contribution in [0.15, 0.2) is 12.1 Å². The van der Waals surface area contributed by atoms with Gasteiger partial charge in [-0.1, -0.05) is 12.8 Å². The van der Waals surface area contributed by atoms with Gasteiger partial charge in [-0.2, -0.15) is 0 Å². The zero-order chi connectivity index (χ0) is 16.3. The Morgan fingerprint density at radius 3 is 2.36 bits per heavy atom. The minimum atomic E-state index is -0.832. The van der Waals surface area contributed by atoms with Crippen LogP contribution in [0.25, 0.3) is 0 Å². The molecule has 0 aromatic heterocycles. The normalized spacial score (nSPS) is 17.9. The Balaban J connectivity index is 2.18. The van der Waals surface area contributed by atoms with Gasteiger partial charge in [-0.15, -0.1) is 0 Å². The van der Waals surface area contributed by atoms with Crippen LogP contribution in [-0.4, -0.2) is 25.7 Å². The molecule has 0 heterocycles. The number of carbonyl (C=O) groups excluding carboxylic acids is 1. The third-order valence-corrected chi connectivity index (χ3v) is 4.26. The standard InChI is InChI=1S/C16H23FN2O3/c1-10(19-15(20)16(18)6-4-5-7-16)11-8-13(21-2)14(22-3)9-12(11)17/h8-10H,4-7,18H2,1-3H3,(H,19,20). The Morgan fingerprint density at radius 1 is 1.27 bits per heavy atom. The fraction of sp³-hybridized carbons (Fsp3) is 0.562. The van der Waals surface area contributed by atoms with Gasteiger partial charge in [0.05, 0.1) is 25.8 Å². The van der Waals surface area contributed by atoms with Gasteiger partial charge < -0.3 is 20.5 Å². The smallest absolute Gasteiger partial charge is 0.240 e. The van der Waals surface area contributed by atoms with Crippen molar-refractivity contribution >= 4 is 5.91 Å². The van der Waals surface area contributed by atoms with Crippen LogP contribution < -0.4 is 20.5 Å². The number of halogens is 1. The highest BCUT2D eigenvalue weighted by Gasteiger charge is 2.37. The third kappa shape index (κ3) is 3.16. The minimum absolute atomic E-state index is 0.230. The van der Waals surface area contributed by atoms with Crippen LogP contribution in [0.4, 0.5) is 4.39 Å². The number of methoxy groups -OCH3 is 2. The van der Waals surface area contributed by atoms with Crippen LogP contribution in [0.2, 0.25) is 0 Å². The zero-order valence-electron chi connectivity index (χ0n) is 13.2. The summed E-state index contributed by atoms with van der Waals surface area (Å²) in [6.07, 6.45) is 3.23. The molecule has 1 saturated carbocycles. The average molecular weight is 310 g/mol. The second kappa shape index (κ2) is 6.52. The zero-order valence-corrected chi connectivity index (χ0v) is 13.2. The molecule has 1 aromatic rings. The van der Waals surface area contributed by atoms with Crippen LogP contribution in [0.1, 0.15) is 44.2 Å². The van der Waals surface area contributed by atoms with Gasteiger partial charge in [-0.3, -0.25) is 4.79 Å². The largest absolute Gasteiger partial charge is 0.493 e. The first kappa shape index (κ1) is 16.5. The number of carbonyl (C=O) groups is 1. The highest BCUT2D eigenvalue weighted by molar-refractivity contribution is 5.86. The maximum absolute atomic E-state index is 14.2. The average Bonchev–Trinajstić information content (AvgIpc) is 2.94. The fourth-order valence-electron chi connectivity index (χ4n) is 2.85. The monoisotopic (exact) mass is 310 g/mol.